The number of methoxy groups -OCH3 is 1. The zero-order valence-electron chi connectivity index (χ0n) is 14.0. The Morgan fingerprint density at radius 2 is 1.83 bits per heavy atom. The van der Waals surface area contributed by atoms with Crippen LogP contribution in [0.3, 0.4) is 0 Å². The highest BCUT2D eigenvalue weighted by molar-refractivity contribution is 5.96. The van der Waals surface area contributed by atoms with Gasteiger partial charge in [0.05, 0.1) is 7.11 Å². The van der Waals surface area contributed by atoms with Crippen molar-refractivity contribution >= 4 is 11.8 Å². The molecule has 124 valence electrons. The average molecular weight is 324 g/mol. The van der Waals surface area contributed by atoms with E-state index >= 15 is 0 Å². The van der Waals surface area contributed by atoms with Crippen molar-refractivity contribution in [2.24, 2.45) is 5.10 Å². The van der Waals surface area contributed by atoms with Gasteiger partial charge in [-0.1, -0.05) is 24.6 Å². The number of hydrogen-bond acceptors (Lipinski definition) is 4. The van der Waals surface area contributed by atoms with E-state index in [4.69, 9.17) is 9.47 Å². The quantitative estimate of drug-likeness (QED) is 0.863. The van der Waals surface area contributed by atoms with Crippen LogP contribution in [0.1, 0.15) is 36.3 Å². The highest BCUT2D eigenvalue weighted by atomic mass is 16.5. The van der Waals surface area contributed by atoms with Crippen molar-refractivity contribution in [3.05, 3.63) is 65.2 Å². The van der Waals surface area contributed by atoms with Gasteiger partial charge < -0.3 is 9.47 Å². The van der Waals surface area contributed by atoms with Crippen LogP contribution in [0.5, 0.6) is 5.75 Å². The van der Waals surface area contributed by atoms with E-state index in [2.05, 4.69) is 5.10 Å². The third-order valence-corrected chi connectivity index (χ3v) is 3.90. The number of hydrazone groups is 1. The van der Waals surface area contributed by atoms with Crippen molar-refractivity contribution in [1.29, 1.82) is 0 Å². The summed E-state index contributed by atoms with van der Waals surface area (Å²) < 4.78 is 11.2. The van der Waals surface area contributed by atoms with Gasteiger partial charge in [0.2, 0.25) is 18.0 Å². The molecule has 1 amide bonds. The molecule has 2 aromatic rings. The predicted octanol–water partition coefficient (Wildman–Crippen LogP) is 3.63. The zero-order valence-corrected chi connectivity index (χ0v) is 14.0. The largest absolute Gasteiger partial charge is 0.497 e. The molecule has 5 heteroatoms. The minimum atomic E-state index is -0.556. The summed E-state index contributed by atoms with van der Waals surface area (Å²) in [5.41, 5.74) is 2.86. The molecule has 1 aliphatic rings. The number of aryl methyl sites for hydroxylation is 1. The lowest BCUT2D eigenvalue weighted by Gasteiger charge is -2.20. The Labute approximate surface area is 141 Å². The second-order valence-corrected chi connectivity index (χ2v) is 5.61. The highest BCUT2D eigenvalue weighted by Crippen LogP contribution is 2.31. The van der Waals surface area contributed by atoms with Gasteiger partial charge in [0, 0.05) is 17.5 Å². The summed E-state index contributed by atoms with van der Waals surface area (Å²) in [5.74, 6) is 1.13. The van der Waals surface area contributed by atoms with Crippen LogP contribution in [-0.4, -0.2) is 23.9 Å². The molecule has 1 unspecified atom stereocenters. The van der Waals surface area contributed by atoms with Crippen molar-refractivity contribution in [3.8, 4) is 5.75 Å². The minimum Gasteiger partial charge on any atom is -0.497 e. The van der Waals surface area contributed by atoms with Crippen LogP contribution >= 0.6 is 0 Å². The molecule has 0 saturated carbocycles. The van der Waals surface area contributed by atoms with Crippen LogP contribution in [0.15, 0.2) is 53.6 Å². The smallest absolute Gasteiger partial charge is 0.246 e. The van der Waals surface area contributed by atoms with Gasteiger partial charge in [0.1, 0.15) is 5.75 Å². The SMILES string of the molecule is CCC(=O)N1N=C(c2ccc(C)cc2)OC1c1ccc(OC)cc1. The molecule has 0 aliphatic carbocycles. The Kier molecular flexibility index (Phi) is 4.51. The third kappa shape index (κ3) is 3.11. The van der Waals surface area contributed by atoms with Crippen LogP contribution in [0.4, 0.5) is 0 Å². The number of carbonyl (C=O) groups excluding carboxylic acids is 1. The van der Waals surface area contributed by atoms with E-state index < -0.39 is 6.23 Å². The molecule has 24 heavy (non-hydrogen) atoms. The molecular weight excluding hydrogens is 304 g/mol. The molecular formula is C19H20N2O3. The van der Waals surface area contributed by atoms with E-state index in [1.807, 2.05) is 62.4 Å². The molecule has 0 N–H and O–H groups in total. The zero-order chi connectivity index (χ0) is 17.1. The molecule has 1 heterocycles. The fraction of sp³-hybridized carbons (Fsp3) is 0.263. The van der Waals surface area contributed by atoms with Crippen molar-refractivity contribution in [3.63, 3.8) is 0 Å². The summed E-state index contributed by atoms with van der Waals surface area (Å²) in [7, 11) is 1.62. The number of ether oxygens (including phenoxy) is 2. The summed E-state index contributed by atoms with van der Waals surface area (Å²) in [6.07, 6.45) is -0.194. The molecule has 1 aliphatic heterocycles. The van der Waals surface area contributed by atoms with Gasteiger partial charge in [-0.05, 0) is 43.3 Å². The topological polar surface area (TPSA) is 51.1 Å². The summed E-state index contributed by atoms with van der Waals surface area (Å²) in [5, 5.41) is 5.82. The lowest BCUT2D eigenvalue weighted by Crippen LogP contribution is -2.26. The van der Waals surface area contributed by atoms with Crippen molar-refractivity contribution < 1.29 is 14.3 Å². The maximum atomic E-state index is 12.3. The first-order valence-corrected chi connectivity index (χ1v) is 7.90. The van der Waals surface area contributed by atoms with Gasteiger partial charge in [0.15, 0.2) is 0 Å². The molecule has 3 rings (SSSR count). The lowest BCUT2D eigenvalue weighted by molar-refractivity contribution is -0.137. The van der Waals surface area contributed by atoms with E-state index in [9.17, 15) is 4.79 Å². The minimum absolute atomic E-state index is 0.0853. The van der Waals surface area contributed by atoms with Crippen LogP contribution in [-0.2, 0) is 9.53 Å². The molecule has 0 spiro atoms. The summed E-state index contributed by atoms with van der Waals surface area (Å²) in [6, 6.07) is 15.3. The maximum absolute atomic E-state index is 12.3. The molecule has 0 saturated heterocycles. The molecule has 0 aromatic heterocycles. The Bertz CT molecular complexity index is 751. The number of benzene rings is 2. The van der Waals surface area contributed by atoms with E-state index in [1.54, 1.807) is 7.11 Å². The van der Waals surface area contributed by atoms with Crippen LogP contribution in [0.25, 0.3) is 0 Å². The fourth-order valence-corrected chi connectivity index (χ4v) is 2.48. The molecule has 1 atom stereocenters. The first kappa shape index (κ1) is 16.1. The highest BCUT2D eigenvalue weighted by Gasteiger charge is 2.33. The van der Waals surface area contributed by atoms with Gasteiger partial charge in [-0.3, -0.25) is 4.79 Å². The van der Waals surface area contributed by atoms with Gasteiger partial charge in [-0.2, -0.15) is 5.01 Å². The van der Waals surface area contributed by atoms with Gasteiger partial charge in [-0.15, -0.1) is 5.10 Å². The second kappa shape index (κ2) is 6.74. The van der Waals surface area contributed by atoms with E-state index in [0.717, 1.165) is 22.4 Å². The number of nitrogens with zero attached hydrogens (tertiary/aromatic N) is 2. The predicted molar refractivity (Wildman–Crippen MR) is 91.7 cm³/mol. The summed E-state index contributed by atoms with van der Waals surface area (Å²) in [4.78, 5) is 12.3. The van der Waals surface area contributed by atoms with Gasteiger partial charge in [0.25, 0.3) is 0 Å². The molecule has 2 aromatic carbocycles. The van der Waals surface area contributed by atoms with E-state index in [1.165, 1.54) is 5.01 Å². The summed E-state index contributed by atoms with van der Waals surface area (Å²) >= 11 is 0. The summed E-state index contributed by atoms with van der Waals surface area (Å²) in [6.45, 7) is 3.83. The molecule has 0 radical (unpaired) electrons. The van der Waals surface area contributed by atoms with E-state index in [0.29, 0.717) is 12.3 Å². The molecule has 0 bridgehead atoms. The van der Waals surface area contributed by atoms with Crippen molar-refractivity contribution in [1.82, 2.24) is 5.01 Å². The fourth-order valence-electron chi connectivity index (χ4n) is 2.48. The Morgan fingerprint density at radius 3 is 2.42 bits per heavy atom. The molecule has 0 fully saturated rings. The Balaban J connectivity index is 1.91. The van der Waals surface area contributed by atoms with Gasteiger partial charge in [-0.25, -0.2) is 0 Å². The first-order chi connectivity index (χ1) is 11.6. The van der Waals surface area contributed by atoms with Crippen molar-refractivity contribution in [2.75, 3.05) is 7.11 Å². The van der Waals surface area contributed by atoms with Gasteiger partial charge >= 0.3 is 0 Å². The third-order valence-electron chi connectivity index (χ3n) is 3.90. The number of amides is 1. The Morgan fingerprint density at radius 1 is 1.17 bits per heavy atom. The average Bonchev–Trinajstić information content (AvgIpc) is 3.07. The lowest BCUT2D eigenvalue weighted by atomic mass is 10.1. The number of hydrogen-bond donors (Lipinski definition) is 0. The second-order valence-electron chi connectivity index (χ2n) is 5.61. The first-order valence-electron chi connectivity index (χ1n) is 7.90. The normalized spacial score (nSPS) is 16.5. The van der Waals surface area contributed by atoms with E-state index in [-0.39, 0.29) is 5.91 Å². The van der Waals surface area contributed by atoms with Crippen molar-refractivity contribution in [2.45, 2.75) is 26.5 Å². The molecule has 5 nitrogen and oxygen atoms in total. The maximum Gasteiger partial charge on any atom is 0.246 e. The van der Waals surface area contributed by atoms with Crippen LogP contribution in [0, 0.1) is 6.92 Å². The Hall–Kier alpha value is -2.82. The number of carbonyl (C=O) groups is 1. The number of rotatable bonds is 4. The van der Waals surface area contributed by atoms with Crippen LogP contribution < -0.4 is 4.74 Å². The standard InChI is InChI=1S/C19H20N2O3/c1-4-17(22)21-19(15-9-11-16(23-3)12-10-15)24-18(20-21)14-7-5-13(2)6-8-14/h5-12,19H,4H2,1-3H3. The van der Waals surface area contributed by atoms with Crippen LogP contribution in [0.2, 0.25) is 0 Å². The monoisotopic (exact) mass is 324 g/mol.